The first-order valence-corrected chi connectivity index (χ1v) is 7.79. The molecule has 0 spiro atoms. The fourth-order valence-electron chi connectivity index (χ4n) is 1.27. The van der Waals surface area contributed by atoms with Gasteiger partial charge in [-0.25, -0.2) is 8.42 Å². The number of nitrogens with zero attached hydrogens (tertiary/aromatic N) is 2. The molecule has 0 amide bonds. The molecule has 104 valence electrons. The van der Waals surface area contributed by atoms with Crippen LogP contribution in [0.3, 0.4) is 0 Å². The summed E-state index contributed by atoms with van der Waals surface area (Å²) in [6.07, 6.45) is 0.0000520. The number of ether oxygens (including phenoxy) is 1. The summed E-state index contributed by atoms with van der Waals surface area (Å²) < 4.78 is 30.1. The Kier molecular flexibility index (Phi) is 5.47. The summed E-state index contributed by atoms with van der Waals surface area (Å²) in [5.41, 5.74) is 0. The summed E-state index contributed by atoms with van der Waals surface area (Å²) >= 11 is 0.906. The molecule has 0 fully saturated rings. The third-order valence-electron chi connectivity index (χ3n) is 2.29. The van der Waals surface area contributed by atoms with Crippen LogP contribution in [0, 0.1) is 11.3 Å². The lowest BCUT2D eigenvalue weighted by Gasteiger charge is -2.15. The largest absolute Gasteiger partial charge is 0.466 e. The number of carbonyl (C=O) groups excluding carboxylic acids is 1. The molecule has 0 aromatic carbocycles. The molecule has 0 saturated heterocycles. The zero-order valence-corrected chi connectivity index (χ0v) is 12.3. The third-order valence-corrected chi connectivity index (χ3v) is 5.61. The molecule has 1 aromatic rings. The minimum Gasteiger partial charge on any atom is -0.466 e. The van der Waals surface area contributed by atoms with Gasteiger partial charge in [0.05, 0.1) is 13.0 Å². The number of hydrogen-bond donors (Lipinski definition) is 0. The van der Waals surface area contributed by atoms with Gasteiger partial charge in [0.25, 0.3) is 10.0 Å². The molecule has 8 heteroatoms. The van der Waals surface area contributed by atoms with E-state index in [1.807, 2.05) is 6.07 Å². The van der Waals surface area contributed by atoms with Gasteiger partial charge < -0.3 is 4.74 Å². The van der Waals surface area contributed by atoms with Crippen molar-refractivity contribution in [2.24, 2.45) is 0 Å². The summed E-state index contributed by atoms with van der Waals surface area (Å²) in [7, 11) is -2.26. The second-order valence-electron chi connectivity index (χ2n) is 3.61. The predicted octanol–water partition coefficient (Wildman–Crippen LogP) is 1.19. The Bertz CT molecular complexity index is 586. The molecule has 0 aliphatic carbocycles. The van der Waals surface area contributed by atoms with Crippen molar-refractivity contribution in [2.75, 3.05) is 20.2 Å². The Balaban J connectivity index is 2.72. The van der Waals surface area contributed by atoms with Crippen LogP contribution in [-0.4, -0.2) is 38.9 Å². The Morgan fingerprint density at radius 3 is 2.74 bits per heavy atom. The van der Waals surface area contributed by atoms with E-state index in [1.165, 1.54) is 19.2 Å². The molecule has 1 rings (SSSR count). The van der Waals surface area contributed by atoms with Gasteiger partial charge in [-0.2, -0.15) is 9.57 Å². The van der Waals surface area contributed by atoms with E-state index >= 15 is 0 Å². The van der Waals surface area contributed by atoms with Crippen molar-refractivity contribution >= 4 is 27.3 Å². The molecule has 1 heterocycles. The van der Waals surface area contributed by atoms with Crippen molar-refractivity contribution in [3.8, 4) is 6.07 Å². The van der Waals surface area contributed by atoms with Crippen molar-refractivity contribution in [2.45, 2.75) is 17.6 Å². The van der Waals surface area contributed by atoms with Crippen LogP contribution in [0.4, 0.5) is 0 Å². The molecule has 19 heavy (non-hydrogen) atoms. The first kappa shape index (κ1) is 15.6. The highest BCUT2D eigenvalue weighted by Crippen LogP contribution is 2.23. The minimum atomic E-state index is -3.65. The summed E-state index contributed by atoms with van der Waals surface area (Å²) in [6.45, 7) is 2.00. The highest BCUT2D eigenvalue weighted by molar-refractivity contribution is 7.91. The first-order valence-electron chi connectivity index (χ1n) is 5.53. The fraction of sp³-hybridized carbons (Fsp3) is 0.455. The van der Waals surface area contributed by atoms with Gasteiger partial charge in [-0.15, -0.1) is 11.3 Å². The van der Waals surface area contributed by atoms with Gasteiger partial charge in [-0.1, -0.05) is 0 Å². The maximum atomic E-state index is 12.1. The van der Waals surface area contributed by atoms with Crippen LogP contribution < -0.4 is 0 Å². The lowest BCUT2D eigenvalue weighted by atomic mass is 10.4. The lowest BCUT2D eigenvalue weighted by molar-refractivity contribution is -0.143. The van der Waals surface area contributed by atoms with Crippen molar-refractivity contribution in [1.29, 1.82) is 5.26 Å². The van der Waals surface area contributed by atoms with Crippen molar-refractivity contribution < 1.29 is 17.9 Å². The summed E-state index contributed by atoms with van der Waals surface area (Å²) in [6, 6.07) is 4.73. The van der Waals surface area contributed by atoms with E-state index in [9.17, 15) is 13.2 Å². The van der Waals surface area contributed by atoms with Crippen LogP contribution in [0.15, 0.2) is 16.3 Å². The average molecular weight is 302 g/mol. The number of thiophene rings is 1. The molecule has 0 atom stereocenters. The average Bonchev–Trinajstić information content (AvgIpc) is 2.85. The van der Waals surface area contributed by atoms with Crippen LogP contribution in [0.1, 0.15) is 18.2 Å². The van der Waals surface area contributed by atoms with Gasteiger partial charge in [0.1, 0.15) is 15.2 Å². The molecule has 6 nitrogen and oxygen atoms in total. The standard InChI is InChI=1S/C11H14N2O4S2/c1-3-17-10(14)6-7-13(2)19(15,16)11-5-4-9(8-12)18-11/h4-5H,3,6-7H2,1-2H3. The Morgan fingerprint density at radius 1 is 1.53 bits per heavy atom. The Morgan fingerprint density at radius 2 is 2.21 bits per heavy atom. The summed E-state index contributed by atoms with van der Waals surface area (Å²) in [5.74, 6) is -0.437. The van der Waals surface area contributed by atoms with Crippen molar-refractivity contribution in [3.63, 3.8) is 0 Å². The van der Waals surface area contributed by atoms with Crippen LogP contribution in [0.5, 0.6) is 0 Å². The maximum Gasteiger partial charge on any atom is 0.307 e. The minimum absolute atomic E-state index is 0.0000520. The highest BCUT2D eigenvalue weighted by Gasteiger charge is 2.23. The van der Waals surface area contributed by atoms with Gasteiger partial charge in [-0.3, -0.25) is 4.79 Å². The van der Waals surface area contributed by atoms with Gasteiger partial charge >= 0.3 is 5.97 Å². The number of rotatable bonds is 6. The van der Waals surface area contributed by atoms with E-state index in [0.29, 0.717) is 4.88 Å². The first-order chi connectivity index (χ1) is 8.91. The number of sulfonamides is 1. The quantitative estimate of drug-likeness (QED) is 0.737. The van der Waals surface area contributed by atoms with Crippen LogP contribution in [0.25, 0.3) is 0 Å². The SMILES string of the molecule is CCOC(=O)CCN(C)S(=O)(=O)c1ccc(C#N)s1. The predicted molar refractivity (Wildman–Crippen MR) is 70.1 cm³/mol. The number of nitriles is 1. The maximum absolute atomic E-state index is 12.1. The molecule has 0 unspecified atom stereocenters. The van der Waals surface area contributed by atoms with Gasteiger partial charge in [-0.05, 0) is 19.1 Å². The fourth-order valence-corrected chi connectivity index (χ4v) is 3.76. The zero-order valence-electron chi connectivity index (χ0n) is 10.6. The summed E-state index contributed by atoms with van der Waals surface area (Å²) in [4.78, 5) is 11.5. The molecule has 0 aliphatic heterocycles. The van der Waals surface area contributed by atoms with Crippen molar-refractivity contribution in [1.82, 2.24) is 4.31 Å². The summed E-state index contributed by atoms with van der Waals surface area (Å²) in [5, 5.41) is 8.68. The van der Waals surface area contributed by atoms with Gasteiger partial charge in [0.2, 0.25) is 0 Å². The van der Waals surface area contributed by atoms with Crippen LogP contribution in [-0.2, 0) is 19.6 Å². The number of esters is 1. The molecule has 0 aliphatic rings. The van der Waals surface area contributed by atoms with E-state index < -0.39 is 16.0 Å². The topological polar surface area (TPSA) is 87.5 Å². The molecule has 0 bridgehead atoms. The number of hydrogen-bond acceptors (Lipinski definition) is 6. The van der Waals surface area contributed by atoms with E-state index in [0.717, 1.165) is 15.6 Å². The second kappa shape index (κ2) is 6.65. The monoisotopic (exact) mass is 302 g/mol. The van der Waals surface area contributed by atoms with Crippen molar-refractivity contribution in [3.05, 3.63) is 17.0 Å². The van der Waals surface area contributed by atoms with E-state index in [-0.39, 0.29) is 23.8 Å². The van der Waals surface area contributed by atoms with Gasteiger partial charge in [0.15, 0.2) is 0 Å². The van der Waals surface area contributed by atoms with Gasteiger partial charge in [0, 0.05) is 13.6 Å². The van der Waals surface area contributed by atoms with Crippen LogP contribution in [0.2, 0.25) is 0 Å². The highest BCUT2D eigenvalue weighted by atomic mass is 32.2. The molecule has 0 radical (unpaired) electrons. The van der Waals surface area contributed by atoms with Crippen LogP contribution >= 0.6 is 11.3 Å². The second-order valence-corrected chi connectivity index (χ2v) is 6.97. The third kappa shape index (κ3) is 4.02. The smallest absolute Gasteiger partial charge is 0.307 e. The Hall–Kier alpha value is -1.43. The normalized spacial score (nSPS) is 11.3. The lowest BCUT2D eigenvalue weighted by Crippen LogP contribution is -2.29. The van der Waals surface area contributed by atoms with E-state index in [1.54, 1.807) is 6.92 Å². The number of carbonyl (C=O) groups is 1. The van der Waals surface area contributed by atoms with E-state index in [4.69, 9.17) is 10.00 Å². The molecular formula is C11H14N2O4S2. The molecular weight excluding hydrogens is 288 g/mol. The zero-order chi connectivity index (χ0) is 14.5. The van der Waals surface area contributed by atoms with E-state index in [2.05, 4.69) is 0 Å². The molecule has 0 N–H and O–H groups in total. The Labute approximate surface area is 116 Å². The molecule has 1 aromatic heterocycles. The molecule has 0 saturated carbocycles.